The van der Waals surface area contributed by atoms with Crippen molar-refractivity contribution >= 4 is 77.0 Å². The Bertz CT molecular complexity index is 1890. The summed E-state index contributed by atoms with van der Waals surface area (Å²) in [5.74, 6) is -8.38. The topological polar surface area (TPSA) is 364 Å². The van der Waals surface area contributed by atoms with Crippen molar-refractivity contribution in [2.45, 2.75) is 50.0 Å². The zero-order valence-corrected chi connectivity index (χ0v) is 27.9. The molecule has 0 saturated carbocycles. The number of carboxylic acids is 3. The van der Waals surface area contributed by atoms with Gasteiger partial charge in [-0.25, -0.2) is 19.6 Å². The lowest BCUT2D eigenvalue weighted by Crippen LogP contribution is -2.57. The van der Waals surface area contributed by atoms with Crippen molar-refractivity contribution in [2.24, 2.45) is 5.73 Å². The predicted octanol–water partition coefficient (Wildman–Crippen LogP) is -3.23. The number of H-pyrrole nitrogens is 1. The highest BCUT2D eigenvalue weighted by molar-refractivity contribution is 7.80. The van der Waals surface area contributed by atoms with E-state index in [2.05, 4.69) is 53.8 Å². The molecule has 0 radical (unpaired) electrons. The molecule has 0 fully saturated rings. The Hall–Kier alpha value is -6.36. The van der Waals surface area contributed by atoms with E-state index >= 15 is 0 Å². The number of carboxylic acid groups (broad SMARTS) is 3. The van der Waals surface area contributed by atoms with Crippen molar-refractivity contribution in [1.29, 1.82) is 0 Å². The highest BCUT2D eigenvalue weighted by Crippen LogP contribution is 2.12. The molecule has 2 heterocycles. The van der Waals surface area contributed by atoms with Crippen LogP contribution in [-0.2, 0) is 35.3 Å². The fraction of sp³-hybridized carbons (Fsp3) is 0.345. The van der Waals surface area contributed by atoms with Crippen molar-refractivity contribution in [3.05, 3.63) is 52.1 Å². The minimum absolute atomic E-state index is 0.00716. The molecule has 4 atom stereocenters. The zero-order chi connectivity index (χ0) is 38.5. The van der Waals surface area contributed by atoms with Crippen LogP contribution < -0.4 is 43.6 Å². The third kappa shape index (κ3) is 11.9. The molecule has 0 aliphatic carbocycles. The molecular formula is C29H35N11O11S. The number of aromatic amines is 1. The maximum atomic E-state index is 12.8. The summed E-state index contributed by atoms with van der Waals surface area (Å²) < 4.78 is 0. The summed E-state index contributed by atoms with van der Waals surface area (Å²) in [6, 6.07) is -0.170. The van der Waals surface area contributed by atoms with Gasteiger partial charge in [-0.3, -0.25) is 33.8 Å². The number of aliphatic carboxylic acids is 3. The Morgan fingerprint density at radius 3 is 2.15 bits per heavy atom. The van der Waals surface area contributed by atoms with Gasteiger partial charge in [0.25, 0.3) is 11.5 Å². The van der Waals surface area contributed by atoms with Gasteiger partial charge < -0.3 is 53.4 Å². The lowest BCUT2D eigenvalue weighted by Gasteiger charge is -2.21. The van der Waals surface area contributed by atoms with Crippen LogP contribution in [0.1, 0.15) is 35.3 Å². The molecule has 3 aromatic rings. The van der Waals surface area contributed by atoms with Crippen LogP contribution in [0.5, 0.6) is 0 Å². The molecule has 3 rings (SSSR count). The average molecular weight is 746 g/mol. The second-order valence-corrected chi connectivity index (χ2v) is 11.3. The molecule has 0 bridgehead atoms. The van der Waals surface area contributed by atoms with E-state index in [1.165, 1.54) is 18.3 Å². The van der Waals surface area contributed by atoms with Crippen LogP contribution in [0, 0.1) is 0 Å². The van der Waals surface area contributed by atoms with Gasteiger partial charge in [0, 0.05) is 30.0 Å². The molecule has 4 amide bonds. The number of fused-ring (bicyclic) bond motifs is 1. The van der Waals surface area contributed by atoms with E-state index in [1.807, 2.05) is 5.32 Å². The molecule has 0 aliphatic rings. The first-order valence-electron chi connectivity index (χ1n) is 15.1. The van der Waals surface area contributed by atoms with E-state index in [0.717, 1.165) is 0 Å². The van der Waals surface area contributed by atoms with E-state index in [-0.39, 0.29) is 41.4 Å². The molecule has 23 heteroatoms. The standard InChI is InChI=1S/C29H35N11O11S/c30-15(24(45)37-17(7-20(42)43)25(46)38-18(11-52)28(50)51)10-33-19(41)6-5-16(27(48)49)36-23(44)12-1-3-13(4-2-12)32-8-14-9-34-22-21(35-14)26(47)40-29(31)39-22/h1-4,9,15-18,32,52H,5-8,10-11,30H2,(H,33,41)(H,36,44)(H,37,45)(H,38,46)(H,42,43)(H,48,49)(H,50,51)(H3,31,34,39,40,47)/t15-,16-,17-,18-/m0/s1. The Labute approximate surface area is 298 Å². The van der Waals surface area contributed by atoms with Gasteiger partial charge in [-0.05, 0) is 30.7 Å². The monoisotopic (exact) mass is 745 g/mol. The maximum Gasteiger partial charge on any atom is 0.327 e. The van der Waals surface area contributed by atoms with Gasteiger partial charge in [0.1, 0.15) is 24.2 Å². The molecular weight excluding hydrogens is 710 g/mol. The number of thiol groups is 1. The number of amides is 4. The largest absolute Gasteiger partial charge is 0.481 e. The fourth-order valence-corrected chi connectivity index (χ4v) is 4.54. The maximum absolute atomic E-state index is 12.8. The molecule has 0 saturated heterocycles. The summed E-state index contributed by atoms with van der Waals surface area (Å²) in [6.45, 7) is -0.339. The molecule has 0 unspecified atom stereocenters. The van der Waals surface area contributed by atoms with Gasteiger partial charge in [0.05, 0.1) is 24.9 Å². The summed E-state index contributed by atoms with van der Waals surface area (Å²) >= 11 is 3.79. The number of anilines is 2. The second-order valence-electron chi connectivity index (χ2n) is 11.0. The number of nitrogen functional groups attached to an aromatic ring is 1. The van der Waals surface area contributed by atoms with Crippen molar-refractivity contribution < 1.29 is 48.9 Å². The number of nitrogens with zero attached hydrogens (tertiary/aromatic N) is 3. The molecule has 13 N–H and O–H groups in total. The number of nitrogens with two attached hydrogens (primary N) is 2. The zero-order valence-electron chi connectivity index (χ0n) is 27.0. The summed E-state index contributed by atoms with van der Waals surface area (Å²) in [4.78, 5) is 111. The van der Waals surface area contributed by atoms with Crippen molar-refractivity contribution in [3.63, 3.8) is 0 Å². The first-order valence-corrected chi connectivity index (χ1v) is 15.8. The molecule has 2 aromatic heterocycles. The van der Waals surface area contributed by atoms with Crippen LogP contribution in [0.25, 0.3) is 11.2 Å². The lowest BCUT2D eigenvalue weighted by atomic mass is 10.1. The Morgan fingerprint density at radius 2 is 1.54 bits per heavy atom. The number of aromatic nitrogens is 4. The number of benzene rings is 1. The van der Waals surface area contributed by atoms with Crippen LogP contribution >= 0.6 is 12.6 Å². The van der Waals surface area contributed by atoms with Crippen molar-refractivity contribution in [2.75, 3.05) is 23.3 Å². The van der Waals surface area contributed by atoms with E-state index in [1.54, 1.807) is 12.1 Å². The summed E-state index contributed by atoms with van der Waals surface area (Å²) in [7, 11) is 0. The highest BCUT2D eigenvalue weighted by atomic mass is 32.1. The van der Waals surface area contributed by atoms with Gasteiger partial charge in [-0.1, -0.05) is 0 Å². The number of rotatable bonds is 19. The molecule has 22 nitrogen and oxygen atoms in total. The summed E-state index contributed by atoms with van der Waals surface area (Å²) in [5.41, 5.74) is 11.9. The van der Waals surface area contributed by atoms with Gasteiger partial charge in [0.2, 0.25) is 23.7 Å². The van der Waals surface area contributed by atoms with Crippen LogP contribution in [0.15, 0.2) is 35.3 Å². The summed E-state index contributed by atoms with van der Waals surface area (Å²) in [6.07, 6.45) is -0.246. The average Bonchev–Trinajstić information content (AvgIpc) is 3.09. The van der Waals surface area contributed by atoms with Gasteiger partial charge in [-0.15, -0.1) is 0 Å². The number of hydrogen-bond donors (Lipinski definition) is 12. The number of nitrogens with one attached hydrogen (secondary N) is 6. The second kappa shape index (κ2) is 18.6. The third-order valence-corrected chi connectivity index (χ3v) is 7.40. The van der Waals surface area contributed by atoms with Gasteiger partial charge in [-0.2, -0.15) is 17.6 Å². The smallest absolute Gasteiger partial charge is 0.327 e. The molecule has 1 aromatic carbocycles. The fourth-order valence-electron chi connectivity index (χ4n) is 4.29. The Balaban J connectivity index is 1.47. The minimum Gasteiger partial charge on any atom is -0.481 e. The van der Waals surface area contributed by atoms with Crippen LogP contribution in [0.3, 0.4) is 0 Å². The minimum atomic E-state index is -1.70. The van der Waals surface area contributed by atoms with E-state index in [4.69, 9.17) is 21.7 Å². The molecule has 0 aliphatic heterocycles. The first-order chi connectivity index (χ1) is 24.6. The Morgan fingerprint density at radius 1 is 0.885 bits per heavy atom. The molecule has 52 heavy (non-hydrogen) atoms. The van der Waals surface area contributed by atoms with Gasteiger partial charge >= 0.3 is 17.9 Å². The number of carbonyl (C=O) groups is 7. The van der Waals surface area contributed by atoms with E-state index in [9.17, 15) is 43.5 Å². The molecule has 278 valence electrons. The number of carbonyl (C=O) groups excluding carboxylic acids is 4. The normalized spacial score (nSPS) is 13.1. The SMILES string of the molecule is Nc1nc2ncc(CNc3ccc(C(=O)N[C@@H](CCC(=O)NC[C@H](N)C(=O)N[C@@H](CC(=O)O)C(=O)N[C@@H](CS)C(=O)O)C(=O)O)cc3)nc2c(=O)[nH]1. The first kappa shape index (κ1) is 40.1. The van der Waals surface area contributed by atoms with Crippen LogP contribution in [0.4, 0.5) is 11.6 Å². The van der Waals surface area contributed by atoms with Crippen LogP contribution in [0.2, 0.25) is 0 Å². The van der Waals surface area contributed by atoms with Crippen LogP contribution in [-0.4, -0.2) is 113 Å². The van der Waals surface area contributed by atoms with Crippen molar-refractivity contribution in [1.82, 2.24) is 41.2 Å². The van der Waals surface area contributed by atoms with Crippen molar-refractivity contribution in [3.8, 4) is 0 Å². The van der Waals surface area contributed by atoms with E-state index in [0.29, 0.717) is 11.4 Å². The van der Waals surface area contributed by atoms with Gasteiger partial charge in [0.15, 0.2) is 11.2 Å². The Kier molecular flexibility index (Phi) is 14.3. The molecule has 0 spiro atoms. The quantitative estimate of drug-likeness (QED) is 0.0537. The highest BCUT2D eigenvalue weighted by Gasteiger charge is 2.29. The predicted molar refractivity (Wildman–Crippen MR) is 183 cm³/mol. The lowest BCUT2D eigenvalue weighted by molar-refractivity contribution is -0.143. The summed E-state index contributed by atoms with van der Waals surface area (Å²) in [5, 5.41) is 39.6. The van der Waals surface area contributed by atoms with E-state index < -0.39 is 90.6 Å². The number of hydrogen-bond acceptors (Lipinski definition) is 15. The third-order valence-electron chi connectivity index (χ3n) is 7.04.